The summed E-state index contributed by atoms with van der Waals surface area (Å²) in [6, 6.07) is 17.4. The quantitative estimate of drug-likeness (QED) is 0.664. The molecule has 0 bridgehead atoms. The number of aromatic amines is 1. The van der Waals surface area contributed by atoms with Crippen LogP contribution in [0.25, 0.3) is 0 Å². The number of rotatable bonds is 5. The third kappa shape index (κ3) is 4.72. The average Bonchev–Trinajstić information content (AvgIpc) is 2.80. The summed E-state index contributed by atoms with van der Waals surface area (Å²) in [6.45, 7) is 3.32. The van der Waals surface area contributed by atoms with Crippen LogP contribution in [-0.4, -0.2) is 54.0 Å². The number of nitrogens with one attached hydrogen (secondary N) is 1. The third-order valence-electron chi connectivity index (χ3n) is 5.40. The predicted molar refractivity (Wildman–Crippen MR) is 123 cm³/mol. The van der Waals surface area contributed by atoms with E-state index in [0.717, 1.165) is 29.4 Å². The van der Waals surface area contributed by atoms with E-state index in [2.05, 4.69) is 14.9 Å². The molecule has 1 N–H and O–H groups in total. The van der Waals surface area contributed by atoms with Gasteiger partial charge in [0.25, 0.3) is 11.5 Å². The molecule has 1 fully saturated rings. The zero-order valence-electron chi connectivity index (χ0n) is 17.3. The number of benzene rings is 2. The van der Waals surface area contributed by atoms with E-state index in [0.29, 0.717) is 25.6 Å². The van der Waals surface area contributed by atoms with Crippen LogP contribution < -0.4 is 15.4 Å². The highest BCUT2D eigenvalue weighted by Crippen LogP contribution is 2.26. The zero-order chi connectivity index (χ0) is 21.8. The highest BCUT2D eigenvalue weighted by atomic mass is 35.5. The lowest BCUT2D eigenvalue weighted by Gasteiger charge is -2.36. The Morgan fingerprint density at radius 1 is 1.03 bits per heavy atom. The number of hydrogen-bond donors (Lipinski definition) is 1. The Labute approximate surface area is 185 Å². The largest absolute Gasteiger partial charge is 0.367 e. The topological polar surface area (TPSA) is 72.5 Å². The molecule has 1 amide bonds. The predicted octanol–water partition coefficient (Wildman–Crippen LogP) is 3.02. The van der Waals surface area contributed by atoms with Gasteiger partial charge in [0, 0.05) is 46.0 Å². The maximum Gasteiger partial charge on any atom is 0.265 e. The molecule has 0 aliphatic carbocycles. The van der Waals surface area contributed by atoms with Gasteiger partial charge in [0.1, 0.15) is 5.56 Å². The number of carbonyl (C=O) groups excluding carboxylic acids is 1. The molecule has 0 atom stereocenters. The molecule has 2 aromatic carbocycles. The number of hydrogen-bond acceptors (Lipinski definition) is 5. The SMILES string of the molecule is CN(Cc1ccccc1)C(=O)c1cnc(N2CCN(c3ccccc3Cl)CC2)[nH]c1=O. The molecule has 2 heterocycles. The summed E-state index contributed by atoms with van der Waals surface area (Å²) >= 11 is 6.30. The molecule has 0 unspecified atom stereocenters. The molecule has 3 aromatic rings. The molecule has 4 rings (SSSR count). The maximum absolute atomic E-state index is 12.7. The van der Waals surface area contributed by atoms with Crippen LogP contribution in [0.1, 0.15) is 15.9 Å². The van der Waals surface area contributed by atoms with Gasteiger partial charge in [0.15, 0.2) is 0 Å². The second-order valence-electron chi connectivity index (χ2n) is 7.52. The van der Waals surface area contributed by atoms with Crippen LogP contribution in [0.2, 0.25) is 5.02 Å². The van der Waals surface area contributed by atoms with E-state index in [1.807, 2.05) is 59.5 Å². The van der Waals surface area contributed by atoms with Gasteiger partial charge >= 0.3 is 0 Å². The number of nitrogens with zero attached hydrogens (tertiary/aromatic N) is 4. The highest BCUT2D eigenvalue weighted by molar-refractivity contribution is 6.33. The summed E-state index contributed by atoms with van der Waals surface area (Å²) in [5, 5.41) is 0.727. The van der Waals surface area contributed by atoms with Gasteiger partial charge in [0.05, 0.1) is 10.7 Å². The monoisotopic (exact) mass is 437 g/mol. The van der Waals surface area contributed by atoms with Crippen molar-refractivity contribution in [3.63, 3.8) is 0 Å². The number of H-pyrrole nitrogens is 1. The van der Waals surface area contributed by atoms with Crippen LogP contribution in [0.4, 0.5) is 11.6 Å². The van der Waals surface area contributed by atoms with E-state index in [1.54, 1.807) is 7.05 Å². The van der Waals surface area contributed by atoms with E-state index in [-0.39, 0.29) is 11.5 Å². The lowest BCUT2D eigenvalue weighted by Crippen LogP contribution is -2.47. The van der Waals surface area contributed by atoms with Gasteiger partial charge in [-0.3, -0.25) is 14.6 Å². The lowest BCUT2D eigenvalue weighted by molar-refractivity contribution is 0.0783. The summed E-state index contributed by atoms with van der Waals surface area (Å²) in [5.41, 5.74) is 1.61. The molecule has 1 aliphatic rings. The maximum atomic E-state index is 12.7. The fraction of sp³-hybridized carbons (Fsp3) is 0.261. The van der Waals surface area contributed by atoms with E-state index in [9.17, 15) is 9.59 Å². The highest BCUT2D eigenvalue weighted by Gasteiger charge is 2.22. The van der Waals surface area contributed by atoms with Crippen molar-refractivity contribution in [3.05, 3.63) is 87.3 Å². The van der Waals surface area contributed by atoms with Crippen LogP contribution in [-0.2, 0) is 6.54 Å². The van der Waals surface area contributed by atoms with Crippen LogP contribution in [0.5, 0.6) is 0 Å². The number of aromatic nitrogens is 2. The van der Waals surface area contributed by atoms with Gasteiger partial charge in [-0.25, -0.2) is 4.98 Å². The minimum absolute atomic E-state index is 0.0388. The number of anilines is 2. The van der Waals surface area contributed by atoms with E-state index < -0.39 is 5.56 Å². The minimum Gasteiger partial charge on any atom is -0.367 e. The second-order valence-corrected chi connectivity index (χ2v) is 7.93. The molecule has 160 valence electrons. The fourth-order valence-corrected chi connectivity index (χ4v) is 3.96. The molecule has 1 aliphatic heterocycles. The number of carbonyl (C=O) groups is 1. The van der Waals surface area contributed by atoms with Crippen molar-refractivity contribution < 1.29 is 4.79 Å². The molecule has 1 saturated heterocycles. The van der Waals surface area contributed by atoms with Crippen molar-refractivity contribution >= 4 is 29.1 Å². The molecule has 7 nitrogen and oxygen atoms in total. The van der Waals surface area contributed by atoms with Crippen molar-refractivity contribution in [2.24, 2.45) is 0 Å². The van der Waals surface area contributed by atoms with Crippen LogP contribution in [0.15, 0.2) is 65.6 Å². The summed E-state index contributed by atoms with van der Waals surface area (Å²) in [7, 11) is 1.68. The number of para-hydroxylation sites is 1. The first kappa shape index (κ1) is 20.9. The van der Waals surface area contributed by atoms with Crippen molar-refractivity contribution in [3.8, 4) is 0 Å². The molecule has 1 aromatic heterocycles. The summed E-state index contributed by atoms with van der Waals surface area (Å²) in [5.74, 6) is 0.124. The number of amides is 1. The minimum atomic E-state index is -0.427. The Morgan fingerprint density at radius 2 is 1.68 bits per heavy atom. The number of piperazine rings is 1. The first-order chi connectivity index (χ1) is 15.0. The van der Waals surface area contributed by atoms with E-state index in [1.165, 1.54) is 11.1 Å². The van der Waals surface area contributed by atoms with E-state index in [4.69, 9.17) is 11.6 Å². The smallest absolute Gasteiger partial charge is 0.265 e. The van der Waals surface area contributed by atoms with Gasteiger partial charge < -0.3 is 14.7 Å². The Hall–Kier alpha value is -3.32. The Bertz CT molecular complexity index is 1110. The molecular formula is C23H24ClN5O2. The Morgan fingerprint density at radius 3 is 2.35 bits per heavy atom. The lowest BCUT2D eigenvalue weighted by atomic mass is 10.2. The number of halogens is 1. The van der Waals surface area contributed by atoms with Gasteiger partial charge in [-0.15, -0.1) is 0 Å². The summed E-state index contributed by atoms with van der Waals surface area (Å²) < 4.78 is 0. The second kappa shape index (κ2) is 9.22. The molecule has 0 saturated carbocycles. The van der Waals surface area contributed by atoms with Crippen molar-refractivity contribution in [1.82, 2.24) is 14.9 Å². The Balaban J connectivity index is 1.41. The van der Waals surface area contributed by atoms with Crippen LogP contribution in [0.3, 0.4) is 0 Å². The van der Waals surface area contributed by atoms with Crippen molar-refractivity contribution in [1.29, 1.82) is 0 Å². The molecular weight excluding hydrogens is 414 g/mol. The Kier molecular flexibility index (Phi) is 6.23. The third-order valence-corrected chi connectivity index (χ3v) is 5.72. The van der Waals surface area contributed by atoms with Gasteiger partial charge in [-0.1, -0.05) is 54.1 Å². The molecule has 0 radical (unpaired) electrons. The van der Waals surface area contributed by atoms with Gasteiger partial charge in [0.2, 0.25) is 5.95 Å². The van der Waals surface area contributed by atoms with Crippen molar-refractivity contribution in [2.45, 2.75) is 6.54 Å². The van der Waals surface area contributed by atoms with Gasteiger partial charge in [-0.2, -0.15) is 0 Å². The first-order valence-electron chi connectivity index (χ1n) is 10.2. The summed E-state index contributed by atoms with van der Waals surface area (Å²) in [6.07, 6.45) is 1.37. The normalized spacial score (nSPS) is 13.9. The molecule has 0 spiro atoms. The van der Waals surface area contributed by atoms with Crippen molar-refractivity contribution in [2.75, 3.05) is 43.0 Å². The fourth-order valence-electron chi connectivity index (χ4n) is 3.70. The van der Waals surface area contributed by atoms with Crippen LogP contribution in [0, 0.1) is 0 Å². The molecule has 31 heavy (non-hydrogen) atoms. The first-order valence-corrected chi connectivity index (χ1v) is 10.5. The standard InChI is InChI=1S/C23H24ClN5O2/c1-27(16-17-7-3-2-4-8-17)22(31)18-15-25-23(26-21(18)30)29-13-11-28(12-14-29)20-10-6-5-9-19(20)24/h2-10,15H,11-14,16H2,1H3,(H,25,26,30). The average molecular weight is 438 g/mol. The summed E-state index contributed by atoms with van der Waals surface area (Å²) in [4.78, 5) is 38.2. The van der Waals surface area contributed by atoms with Gasteiger partial charge in [-0.05, 0) is 17.7 Å². The zero-order valence-corrected chi connectivity index (χ0v) is 18.0. The van der Waals surface area contributed by atoms with E-state index >= 15 is 0 Å². The van der Waals surface area contributed by atoms with Crippen LogP contribution >= 0.6 is 11.6 Å². The molecule has 8 heteroatoms.